The average molecular weight is 359 g/mol. The molecular formula is C18H12F3N3O2. The van der Waals surface area contributed by atoms with Gasteiger partial charge in [0.1, 0.15) is 5.82 Å². The number of benzene rings is 2. The molecule has 1 aliphatic heterocycles. The summed E-state index contributed by atoms with van der Waals surface area (Å²) in [5, 5.41) is 1.94. The van der Waals surface area contributed by atoms with Crippen LogP contribution in [-0.2, 0) is 16.9 Å². The third-order valence-corrected chi connectivity index (χ3v) is 4.43. The van der Waals surface area contributed by atoms with E-state index in [-0.39, 0.29) is 16.9 Å². The second-order valence-corrected chi connectivity index (χ2v) is 5.98. The predicted molar refractivity (Wildman–Crippen MR) is 86.4 cm³/mol. The van der Waals surface area contributed by atoms with Crippen molar-refractivity contribution in [2.75, 3.05) is 0 Å². The molecule has 0 spiro atoms. The zero-order chi connectivity index (χ0) is 18.5. The summed E-state index contributed by atoms with van der Waals surface area (Å²) in [6, 6.07) is 13.7. The van der Waals surface area contributed by atoms with Crippen molar-refractivity contribution in [1.29, 1.82) is 0 Å². The number of amides is 1. The van der Waals surface area contributed by atoms with Gasteiger partial charge in [0.05, 0.1) is 17.5 Å². The van der Waals surface area contributed by atoms with Gasteiger partial charge in [0.25, 0.3) is 11.6 Å². The lowest BCUT2D eigenvalue weighted by molar-refractivity contribution is -0.214. The first-order valence-electron chi connectivity index (χ1n) is 7.79. The van der Waals surface area contributed by atoms with E-state index in [1.54, 1.807) is 24.3 Å². The van der Waals surface area contributed by atoms with E-state index in [0.29, 0.717) is 5.52 Å². The lowest BCUT2D eigenvalue weighted by atomic mass is 10.0. The summed E-state index contributed by atoms with van der Waals surface area (Å²) >= 11 is 0. The molecule has 1 aromatic heterocycles. The van der Waals surface area contributed by atoms with E-state index in [4.69, 9.17) is 0 Å². The van der Waals surface area contributed by atoms with Gasteiger partial charge >= 0.3 is 6.18 Å². The molecule has 1 atom stereocenters. The summed E-state index contributed by atoms with van der Waals surface area (Å²) in [5.74, 6) is -2.17. The Morgan fingerprint density at radius 1 is 1.08 bits per heavy atom. The molecule has 8 heteroatoms. The number of hydrogen-bond acceptors (Lipinski definition) is 3. The van der Waals surface area contributed by atoms with Crippen molar-refractivity contribution in [3.05, 3.63) is 66.0 Å². The number of para-hydroxylation sites is 2. The minimum absolute atomic E-state index is 0.0260. The Bertz CT molecular complexity index is 1030. The fourth-order valence-corrected chi connectivity index (χ4v) is 3.27. The normalized spacial score (nSPS) is 19.6. The molecule has 26 heavy (non-hydrogen) atoms. The van der Waals surface area contributed by atoms with Gasteiger partial charge < -0.3 is 5.32 Å². The van der Waals surface area contributed by atoms with Gasteiger partial charge in [0.2, 0.25) is 0 Å². The molecule has 1 N–H and O–H groups in total. The van der Waals surface area contributed by atoms with Gasteiger partial charge in [-0.15, -0.1) is 0 Å². The van der Waals surface area contributed by atoms with Gasteiger partial charge in [0, 0.05) is 5.56 Å². The molecule has 4 rings (SSSR count). The molecule has 3 aromatic rings. The van der Waals surface area contributed by atoms with Crippen LogP contribution in [0.1, 0.15) is 16.2 Å². The van der Waals surface area contributed by atoms with Crippen LogP contribution >= 0.6 is 0 Å². The van der Waals surface area contributed by atoms with Gasteiger partial charge in [-0.25, -0.2) is 4.98 Å². The predicted octanol–water partition coefficient (Wildman–Crippen LogP) is 2.81. The number of imidazole rings is 1. The monoisotopic (exact) mass is 359 g/mol. The highest BCUT2D eigenvalue weighted by Crippen LogP contribution is 2.43. The van der Waals surface area contributed by atoms with Crippen molar-refractivity contribution in [3.63, 3.8) is 0 Å². The molecule has 1 unspecified atom stereocenters. The number of halogens is 3. The van der Waals surface area contributed by atoms with E-state index in [0.717, 1.165) is 4.57 Å². The van der Waals surface area contributed by atoms with Gasteiger partial charge in [-0.2, -0.15) is 13.2 Å². The van der Waals surface area contributed by atoms with Crippen LogP contribution in [0.2, 0.25) is 0 Å². The number of Topliss-reactive ketones (excluding diaryl/α,β-unsaturated/α-hetero) is 1. The largest absolute Gasteiger partial charge is 0.438 e. The van der Waals surface area contributed by atoms with Crippen molar-refractivity contribution in [3.8, 4) is 0 Å². The topological polar surface area (TPSA) is 64.0 Å². The molecule has 2 aromatic carbocycles. The number of rotatable bonds is 2. The highest BCUT2D eigenvalue weighted by Gasteiger charge is 2.66. The molecule has 0 saturated heterocycles. The number of ketones is 1. The Kier molecular flexibility index (Phi) is 3.40. The van der Waals surface area contributed by atoms with E-state index in [1.165, 1.54) is 30.3 Å². The third kappa shape index (κ3) is 2.15. The van der Waals surface area contributed by atoms with Crippen molar-refractivity contribution >= 4 is 22.7 Å². The molecule has 0 bridgehead atoms. The Morgan fingerprint density at radius 3 is 2.42 bits per heavy atom. The zero-order valence-corrected chi connectivity index (χ0v) is 13.2. The Morgan fingerprint density at radius 2 is 1.73 bits per heavy atom. The number of alkyl halides is 3. The van der Waals surface area contributed by atoms with Crippen LogP contribution in [0.5, 0.6) is 0 Å². The molecule has 2 heterocycles. The minimum Gasteiger partial charge on any atom is -0.315 e. The number of carbonyl (C=O) groups excluding carboxylic acids is 2. The lowest BCUT2D eigenvalue weighted by Gasteiger charge is -2.33. The summed E-state index contributed by atoms with van der Waals surface area (Å²) in [6.45, 7) is 0. The highest BCUT2D eigenvalue weighted by molar-refractivity contribution is 6.02. The minimum atomic E-state index is -5.04. The second-order valence-electron chi connectivity index (χ2n) is 5.98. The molecule has 1 amide bonds. The van der Waals surface area contributed by atoms with E-state index in [1.807, 2.05) is 5.32 Å². The number of nitrogens with one attached hydrogen (secondary N) is 1. The maximum absolute atomic E-state index is 14.1. The number of hydrogen-bond donors (Lipinski definition) is 1. The van der Waals surface area contributed by atoms with Gasteiger partial charge in [-0.1, -0.05) is 30.3 Å². The number of carbonyl (C=O) groups is 2. The third-order valence-electron chi connectivity index (χ3n) is 4.43. The van der Waals surface area contributed by atoms with Crippen LogP contribution in [0.15, 0.2) is 54.6 Å². The molecule has 5 nitrogen and oxygen atoms in total. The van der Waals surface area contributed by atoms with E-state index in [2.05, 4.69) is 4.98 Å². The first-order chi connectivity index (χ1) is 12.3. The fraction of sp³-hybridized carbons (Fsp3) is 0.167. The first kappa shape index (κ1) is 16.3. The standard InChI is InChI=1S/C18H12F3N3O2/c19-18(20,21)17(23-16(26)11-6-2-1-3-7-11)14(25)10-15-22-12-8-4-5-9-13(12)24(15)17/h1-9H,10H2,(H,23,26). The summed E-state index contributed by atoms with van der Waals surface area (Å²) in [7, 11) is 0. The van der Waals surface area contributed by atoms with Gasteiger partial charge in [-0.3, -0.25) is 14.2 Å². The van der Waals surface area contributed by atoms with Crippen LogP contribution in [0.3, 0.4) is 0 Å². The Hall–Kier alpha value is -3.16. The summed E-state index contributed by atoms with van der Waals surface area (Å²) in [5.41, 5.74) is -2.68. The van der Waals surface area contributed by atoms with E-state index < -0.39 is 30.0 Å². The number of aromatic nitrogens is 2. The smallest absolute Gasteiger partial charge is 0.315 e. The van der Waals surface area contributed by atoms with Crippen LogP contribution in [-0.4, -0.2) is 27.4 Å². The van der Waals surface area contributed by atoms with Crippen molar-refractivity contribution in [2.45, 2.75) is 18.3 Å². The molecule has 0 saturated carbocycles. The maximum atomic E-state index is 14.1. The van der Waals surface area contributed by atoms with Gasteiger partial charge in [0.15, 0.2) is 5.78 Å². The number of nitrogens with zero attached hydrogens (tertiary/aromatic N) is 2. The quantitative estimate of drug-likeness (QED) is 0.765. The van der Waals surface area contributed by atoms with Crippen molar-refractivity contribution in [1.82, 2.24) is 14.9 Å². The summed E-state index contributed by atoms with van der Waals surface area (Å²) in [6.07, 6.45) is -5.55. The van der Waals surface area contributed by atoms with Gasteiger partial charge in [-0.05, 0) is 24.3 Å². The van der Waals surface area contributed by atoms with Crippen LogP contribution < -0.4 is 5.32 Å². The highest BCUT2D eigenvalue weighted by atomic mass is 19.4. The van der Waals surface area contributed by atoms with Crippen LogP contribution in [0.4, 0.5) is 13.2 Å². The molecule has 0 radical (unpaired) electrons. The summed E-state index contributed by atoms with van der Waals surface area (Å²) in [4.78, 5) is 29.1. The Labute approximate surface area is 145 Å². The lowest BCUT2D eigenvalue weighted by Crippen LogP contribution is -2.62. The first-order valence-corrected chi connectivity index (χ1v) is 7.79. The number of fused-ring (bicyclic) bond motifs is 3. The molecule has 132 valence electrons. The molecular weight excluding hydrogens is 347 g/mol. The summed E-state index contributed by atoms with van der Waals surface area (Å²) < 4.78 is 43.2. The average Bonchev–Trinajstić information content (AvgIpc) is 3.09. The SMILES string of the molecule is O=C(NC1(C(F)(F)F)C(=O)Cc2nc3ccccc3n21)c1ccccc1. The zero-order valence-electron chi connectivity index (χ0n) is 13.2. The molecule has 0 fully saturated rings. The van der Waals surface area contributed by atoms with Crippen molar-refractivity contribution < 1.29 is 22.8 Å². The van der Waals surface area contributed by atoms with E-state index >= 15 is 0 Å². The molecule has 1 aliphatic rings. The van der Waals surface area contributed by atoms with E-state index in [9.17, 15) is 22.8 Å². The fourth-order valence-electron chi connectivity index (χ4n) is 3.27. The second kappa shape index (κ2) is 5.42. The maximum Gasteiger partial charge on any atom is 0.438 e. The van der Waals surface area contributed by atoms with Crippen LogP contribution in [0, 0.1) is 0 Å². The van der Waals surface area contributed by atoms with Crippen LogP contribution in [0.25, 0.3) is 11.0 Å². The molecule has 0 aliphatic carbocycles. The van der Waals surface area contributed by atoms with Crippen molar-refractivity contribution in [2.24, 2.45) is 0 Å². The Balaban J connectivity index is 1.92.